The van der Waals surface area contributed by atoms with Gasteiger partial charge in [0.25, 0.3) is 0 Å². The summed E-state index contributed by atoms with van der Waals surface area (Å²) in [6, 6.07) is 7.58. The first-order valence-electron chi connectivity index (χ1n) is 7.79. The van der Waals surface area contributed by atoms with Crippen LogP contribution in [0.5, 0.6) is 5.75 Å². The number of rotatable bonds is 7. The van der Waals surface area contributed by atoms with Crippen LogP contribution in [0.2, 0.25) is 0 Å². The summed E-state index contributed by atoms with van der Waals surface area (Å²) in [6.07, 6.45) is 1.15. The molecule has 0 saturated carbocycles. The summed E-state index contributed by atoms with van der Waals surface area (Å²) in [4.78, 5) is 12.2. The van der Waals surface area contributed by atoms with E-state index in [1.165, 1.54) is 0 Å². The minimum absolute atomic E-state index is 0.0291. The highest BCUT2D eigenvalue weighted by Crippen LogP contribution is 2.24. The molecule has 0 radical (unpaired) electrons. The largest absolute Gasteiger partial charge is 0.497 e. The number of amides is 1. The van der Waals surface area contributed by atoms with E-state index in [1.807, 2.05) is 31.2 Å². The molecule has 2 N–H and O–H groups in total. The number of methoxy groups -OCH3 is 1. The van der Waals surface area contributed by atoms with E-state index in [0.29, 0.717) is 6.42 Å². The predicted molar refractivity (Wildman–Crippen MR) is 89.1 cm³/mol. The normalized spacial score (nSPS) is 14.3. The number of aliphatic hydroxyl groups excluding tert-OH is 1. The van der Waals surface area contributed by atoms with Gasteiger partial charge in [-0.2, -0.15) is 0 Å². The Balaban J connectivity index is 2.59. The molecule has 0 heterocycles. The lowest BCUT2D eigenvalue weighted by molar-refractivity contribution is -0.122. The van der Waals surface area contributed by atoms with Gasteiger partial charge in [0.2, 0.25) is 5.91 Å². The van der Waals surface area contributed by atoms with Crippen LogP contribution in [0.3, 0.4) is 0 Å². The van der Waals surface area contributed by atoms with E-state index < -0.39 is 0 Å². The number of carbonyl (C=O) groups excluding carboxylic acids is 1. The zero-order chi connectivity index (χ0) is 16.8. The molecule has 1 amide bonds. The Morgan fingerprint density at radius 1 is 1.36 bits per heavy atom. The summed E-state index contributed by atoms with van der Waals surface area (Å²) in [6.45, 7) is 8.28. The molecule has 0 aliphatic carbocycles. The molecule has 4 nitrogen and oxygen atoms in total. The Morgan fingerprint density at radius 3 is 2.59 bits per heavy atom. The number of ether oxygens (including phenoxy) is 1. The van der Waals surface area contributed by atoms with Crippen LogP contribution in [0.1, 0.15) is 52.0 Å². The number of hydrogen-bond donors (Lipinski definition) is 2. The summed E-state index contributed by atoms with van der Waals surface area (Å²) in [5.41, 5.74) is 1.14. The van der Waals surface area contributed by atoms with Gasteiger partial charge in [-0.3, -0.25) is 4.79 Å². The van der Waals surface area contributed by atoms with Gasteiger partial charge in [0.15, 0.2) is 0 Å². The molecule has 22 heavy (non-hydrogen) atoms. The first-order valence-corrected chi connectivity index (χ1v) is 7.79. The first-order chi connectivity index (χ1) is 10.2. The molecule has 2 atom stereocenters. The smallest absolute Gasteiger partial charge is 0.220 e. The lowest BCUT2D eigenvalue weighted by atomic mass is 9.88. The highest BCUT2D eigenvalue weighted by molar-refractivity contribution is 5.77. The maximum absolute atomic E-state index is 12.2. The van der Waals surface area contributed by atoms with Crippen molar-refractivity contribution in [2.75, 3.05) is 13.7 Å². The molecular weight excluding hydrogens is 278 g/mol. The third-order valence-electron chi connectivity index (χ3n) is 3.60. The van der Waals surface area contributed by atoms with E-state index in [4.69, 9.17) is 4.74 Å². The van der Waals surface area contributed by atoms with Gasteiger partial charge in [0.1, 0.15) is 5.75 Å². The summed E-state index contributed by atoms with van der Waals surface area (Å²) in [7, 11) is 1.63. The van der Waals surface area contributed by atoms with Gasteiger partial charge in [-0.15, -0.1) is 0 Å². The lowest BCUT2D eigenvalue weighted by Gasteiger charge is -2.26. The van der Waals surface area contributed by atoms with Crippen LogP contribution in [0.25, 0.3) is 0 Å². The molecular formula is C18H29NO3. The van der Waals surface area contributed by atoms with E-state index in [2.05, 4.69) is 26.1 Å². The van der Waals surface area contributed by atoms with Crippen molar-refractivity contribution < 1.29 is 14.6 Å². The quantitative estimate of drug-likeness (QED) is 0.814. The summed E-state index contributed by atoms with van der Waals surface area (Å²) < 4.78 is 5.21. The second-order valence-corrected chi connectivity index (χ2v) is 7.09. The highest BCUT2D eigenvalue weighted by atomic mass is 16.5. The molecule has 0 aliphatic heterocycles. The molecule has 0 aromatic heterocycles. The molecule has 0 bridgehead atoms. The van der Waals surface area contributed by atoms with Gasteiger partial charge in [-0.05, 0) is 35.4 Å². The van der Waals surface area contributed by atoms with E-state index in [1.54, 1.807) is 7.11 Å². The van der Waals surface area contributed by atoms with E-state index in [0.717, 1.165) is 17.7 Å². The number of aliphatic hydroxyl groups is 1. The van der Waals surface area contributed by atoms with Crippen molar-refractivity contribution in [3.63, 3.8) is 0 Å². The van der Waals surface area contributed by atoms with Crippen molar-refractivity contribution in [3.05, 3.63) is 29.8 Å². The zero-order valence-electron chi connectivity index (χ0n) is 14.3. The van der Waals surface area contributed by atoms with Crippen molar-refractivity contribution in [3.8, 4) is 5.75 Å². The van der Waals surface area contributed by atoms with Crippen molar-refractivity contribution in [1.29, 1.82) is 0 Å². The van der Waals surface area contributed by atoms with E-state index >= 15 is 0 Å². The molecule has 0 aliphatic rings. The third kappa shape index (κ3) is 6.48. The Morgan fingerprint density at radius 2 is 2.05 bits per heavy atom. The molecule has 0 fully saturated rings. The predicted octanol–water partition coefficient (Wildman–Crippen LogP) is 3.10. The fourth-order valence-electron chi connectivity index (χ4n) is 2.53. The first kappa shape index (κ1) is 18.5. The van der Waals surface area contributed by atoms with Crippen LogP contribution in [0.15, 0.2) is 24.3 Å². The van der Waals surface area contributed by atoms with Crippen molar-refractivity contribution in [2.24, 2.45) is 5.41 Å². The van der Waals surface area contributed by atoms with Crippen LogP contribution < -0.4 is 10.1 Å². The fraction of sp³-hybridized carbons (Fsp3) is 0.611. The second kappa shape index (κ2) is 8.18. The maximum Gasteiger partial charge on any atom is 0.220 e. The average molecular weight is 307 g/mol. The third-order valence-corrected chi connectivity index (χ3v) is 3.60. The number of hydrogen-bond acceptors (Lipinski definition) is 3. The van der Waals surface area contributed by atoms with E-state index in [-0.39, 0.29) is 29.9 Å². The molecule has 1 rings (SSSR count). The second-order valence-electron chi connectivity index (χ2n) is 7.09. The lowest BCUT2D eigenvalue weighted by Crippen LogP contribution is -2.40. The van der Waals surface area contributed by atoms with Gasteiger partial charge in [0.05, 0.1) is 19.8 Å². The molecule has 1 aromatic carbocycles. The molecule has 0 saturated heterocycles. The Kier molecular flexibility index (Phi) is 6.88. The number of benzene rings is 1. The fourth-order valence-corrected chi connectivity index (χ4v) is 2.53. The Bertz CT molecular complexity index is 479. The van der Waals surface area contributed by atoms with Crippen molar-refractivity contribution >= 4 is 5.91 Å². The molecule has 1 aromatic rings. The highest BCUT2D eigenvalue weighted by Gasteiger charge is 2.21. The molecule has 2 unspecified atom stereocenters. The molecule has 4 heteroatoms. The van der Waals surface area contributed by atoms with E-state index in [9.17, 15) is 9.90 Å². The Labute approximate surface area is 133 Å². The topological polar surface area (TPSA) is 58.6 Å². The standard InChI is InChI=1S/C18H29NO3/c1-13(14-7-6-8-16(10-14)22-5)9-17(21)19-15(12-20)11-18(2,3)4/h6-8,10,13,15,20H,9,11-12H2,1-5H3,(H,19,21). The number of carbonyl (C=O) groups is 1. The van der Waals surface area contributed by atoms with Gasteiger partial charge in [0, 0.05) is 6.42 Å². The van der Waals surface area contributed by atoms with Gasteiger partial charge < -0.3 is 15.2 Å². The minimum atomic E-state index is -0.190. The number of nitrogens with one attached hydrogen (secondary N) is 1. The SMILES string of the molecule is COc1cccc(C(C)CC(=O)NC(CO)CC(C)(C)C)c1. The van der Waals surface area contributed by atoms with Crippen LogP contribution in [0.4, 0.5) is 0 Å². The van der Waals surface area contributed by atoms with Crippen LogP contribution in [0, 0.1) is 5.41 Å². The van der Waals surface area contributed by atoms with Gasteiger partial charge in [-0.1, -0.05) is 39.8 Å². The monoisotopic (exact) mass is 307 g/mol. The average Bonchev–Trinajstić information content (AvgIpc) is 2.45. The minimum Gasteiger partial charge on any atom is -0.497 e. The summed E-state index contributed by atoms with van der Waals surface area (Å²) >= 11 is 0. The molecule has 0 spiro atoms. The zero-order valence-corrected chi connectivity index (χ0v) is 14.3. The van der Waals surface area contributed by atoms with Crippen molar-refractivity contribution in [2.45, 2.75) is 52.5 Å². The maximum atomic E-state index is 12.2. The van der Waals surface area contributed by atoms with Crippen molar-refractivity contribution in [1.82, 2.24) is 5.32 Å². The van der Waals surface area contributed by atoms with Crippen LogP contribution in [-0.4, -0.2) is 30.8 Å². The Hall–Kier alpha value is -1.55. The van der Waals surface area contributed by atoms with Crippen LogP contribution in [-0.2, 0) is 4.79 Å². The van der Waals surface area contributed by atoms with Gasteiger partial charge in [-0.25, -0.2) is 0 Å². The summed E-state index contributed by atoms with van der Waals surface area (Å²) in [5.74, 6) is 0.869. The summed E-state index contributed by atoms with van der Waals surface area (Å²) in [5, 5.41) is 12.4. The van der Waals surface area contributed by atoms with Gasteiger partial charge >= 0.3 is 0 Å². The molecule has 124 valence electrons. The van der Waals surface area contributed by atoms with Crippen LogP contribution >= 0.6 is 0 Å².